The van der Waals surface area contributed by atoms with E-state index in [0.717, 1.165) is 41.4 Å². The molecule has 1 atom stereocenters. The summed E-state index contributed by atoms with van der Waals surface area (Å²) in [6, 6.07) is 6.14. The first-order chi connectivity index (χ1) is 13.9. The predicted molar refractivity (Wildman–Crippen MR) is 112 cm³/mol. The van der Waals surface area contributed by atoms with E-state index in [1.54, 1.807) is 11.7 Å². The minimum atomic E-state index is -0.186. The SMILES string of the molecule is Cc1cn(C)nc1C(=O)NCC1CCCN1C(=O)Cc1c[nH]c2cccc(C)c12. The van der Waals surface area contributed by atoms with Gasteiger partial charge in [-0.05, 0) is 43.9 Å². The standard InChI is InChI=1S/C22H27N5O2/c1-14-6-4-8-18-20(14)16(11-23-18)10-19(28)27-9-5-7-17(27)12-24-22(29)21-15(2)13-26(3)25-21/h4,6,8,11,13,17,23H,5,7,9-10,12H2,1-3H3,(H,24,29). The van der Waals surface area contributed by atoms with Crippen molar-refractivity contribution in [2.75, 3.05) is 13.1 Å². The van der Waals surface area contributed by atoms with Gasteiger partial charge in [-0.1, -0.05) is 12.1 Å². The van der Waals surface area contributed by atoms with Crippen molar-refractivity contribution in [2.24, 2.45) is 7.05 Å². The lowest BCUT2D eigenvalue weighted by molar-refractivity contribution is -0.131. The number of hydrogen-bond acceptors (Lipinski definition) is 3. The Morgan fingerprint density at radius 2 is 2.10 bits per heavy atom. The zero-order chi connectivity index (χ0) is 20.5. The lowest BCUT2D eigenvalue weighted by Crippen LogP contribution is -2.43. The normalized spacial score (nSPS) is 16.5. The Morgan fingerprint density at radius 3 is 2.86 bits per heavy atom. The molecule has 152 valence electrons. The number of aryl methyl sites for hydroxylation is 3. The molecule has 1 fully saturated rings. The molecule has 1 unspecified atom stereocenters. The minimum absolute atomic E-state index is 0.0294. The highest BCUT2D eigenvalue weighted by atomic mass is 16.2. The van der Waals surface area contributed by atoms with Crippen molar-refractivity contribution in [3.8, 4) is 0 Å². The van der Waals surface area contributed by atoms with Crippen LogP contribution in [0, 0.1) is 13.8 Å². The van der Waals surface area contributed by atoms with Crippen molar-refractivity contribution < 1.29 is 9.59 Å². The maximum Gasteiger partial charge on any atom is 0.272 e. The Hall–Kier alpha value is -3.09. The van der Waals surface area contributed by atoms with Gasteiger partial charge in [-0.3, -0.25) is 14.3 Å². The summed E-state index contributed by atoms with van der Waals surface area (Å²) in [6.45, 7) is 5.13. The van der Waals surface area contributed by atoms with Crippen LogP contribution in [0.5, 0.6) is 0 Å². The van der Waals surface area contributed by atoms with E-state index in [4.69, 9.17) is 0 Å². The highest BCUT2D eigenvalue weighted by Crippen LogP contribution is 2.24. The lowest BCUT2D eigenvalue weighted by Gasteiger charge is -2.25. The van der Waals surface area contributed by atoms with Gasteiger partial charge in [-0.15, -0.1) is 0 Å². The van der Waals surface area contributed by atoms with Crippen molar-refractivity contribution in [1.82, 2.24) is 25.0 Å². The average molecular weight is 393 g/mol. The molecule has 1 aromatic carbocycles. The van der Waals surface area contributed by atoms with Crippen LogP contribution in [-0.4, -0.2) is 50.6 Å². The molecule has 0 radical (unpaired) electrons. The number of fused-ring (bicyclic) bond motifs is 1. The number of likely N-dealkylation sites (tertiary alicyclic amines) is 1. The molecule has 2 aromatic heterocycles. The molecule has 7 heteroatoms. The van der Waals surface area contributed by atoms with Crippen molar-refractivity contribution in [3.05, 3.63) is 53.0 Å². The van der Waals surface area contributed by atoms with Crippen LogP contribution in [0.25, 0.3) is 10.9 Å². The molecule has 3 heterocycles. The van der Waals surface area contributed by atoms with E-state index in [-0.39, 0.29) is 17.9 Å². The Morgan fingerprint density at radius 1 is 1.28 bits per heavy atom. The van der Waals surface area contributed by atoms with Crippen LogP contribution in [0.4, 0.5) is 0 Å². The van der Waals surface area contributed by atoms with Crippen LogP contribution in [-0.2, 0) is 18.3 Å². The summed E-state index contributed by atoms with van der Waals surface area (Å²) in [7, 11) is 1.80. The van der Waals surface area contributed by atoms with Gasteiger partial charge >= 0.3 is 0 Å². The smallest absolute Gasteiger partial charge is 0.272 e. The number of nitrogens with one attached hydrogen (secondary N) is 2. The van der Waals surface area contributed by atoms with Crippen molar-refractivity contribution >= 4 is 22.7 Å². The predicted octanol–water partition coefficient (Wildman–Crippen LogP) is 2.48. The van der Waals surface area contributed by atoms with Crippen molar-refractivity contribution in [1.29, 1.82) is 0 Å². The monoisotopic (exact) mass is 393 g/mol. The van der Waals surface area contributed by atoms with E-state index in [0.29, 0.717) is 18.7 Å². The van der Waals surface area contributed by atoms with Crippen LogP contribution in [0.15, 0.2) is 30.6 Å². The Labute approximate surface area is 170 Å². The summed E-state index contributed by atoms with van der Waals surface area (Å²) in [5.74, 6) is -0.0745. The summed E-state index contributed by atoms with van der Waals surface area (Å²) in [6.07, 6.45) is 5.99. The third-order valence-corrected chi connectivity index (χ3v) is 5.76. The zero-order valence-electron chi connectivity index (χ0n) is 17.2. The maximum absolute atomic E-state index is 13.0. The molecule has 0 bridgehead atoms. The third kappa shape index (κ3) is 3.77. The van der Waals surface area contributed by atoms with Gasteiger partial charge in [-0.2, -0.15) is 5.10 Å². The van der Waals surface area contributed by atoms with Crippen LogP contribution >= 0.6 is 0 Å². The molecular weight excluding hydrogens is 366 g/mol. The molecule has 3 aromatic rings. The summed E-state index contributed by atoms with van der Waals surface area (Å²) >= 11 is 0. The highest BCUT2D eigenvalue weighted by molar-refractivity contribution is 5.94. The largest absolute Gasteiger partial charge is 0.361 e. The molecule has 1 aliphatic rings. The molecule has 0 aliphatic carbocycles. The number of hydrogen-bond donors (Lipinski definition) is 2. The fourth-order valence-electron chi connectivity index (χ4n) is 4.36. The molecule has 29 heavy (non-hydrogen) atoms. The number of benzene rings is 1. The van der Waals surface area contributed by atoms with Crippen molar-refractivity contribution in [2.45, 2.75) is 39.2 Å². The summed E-state index contributed by atoms with van der Waals surface area (Å²) in [4.78, 5) is 30.7. The topological polar surface area (TPSA) is 83.0 Å². The molecule has 1 saturated heterocycles. The van der Waals surface area contributed by atoms with Gasteiger partial charge < -0.3 is 15.2 Å². The van der Waals surface area contributed by atoms with Gasteiger partial charge in [0.25, 0.3) is 5.91 Å². The first-order valence-electron chi connectivity index (χ1n) is 10.1. The number of rotatable bonds is 5. The second-order valence-corrected chi connectivity index (χ2v) is 7.92. The summed E-state index contributed by atoms with van der Waals surface area (Å²) in [5, 5.41) is 8.31. The molecule has 2 amide bonds. The highest BCUT2D eigenvalue weighted by Gasteiger charge is 2.29. The van der Waals surface area contributed by atoms with E-state index in [2.05, 4.69) is 28.4 Å². The maximum atomic E-state index is 13.0. The van der Waals surface area contributed by atoms with E-state index in [9.17, 15) is 9.59 Å². The number of aromatic nitrogens is 3. The molecule has 1 aliphatic heterocycles. The quantitative estimate of drug-likeness (QED) is 0.699. The Bertz CT molecular complexity index is 1060. The molecule has 7 nitrogen and oxygen atoms in total. The van der Waals surface area contributed by atoms with E-state index in [1.807, 2.05) is 36.4 Å². The number of aromatic amines is 1. The van der Waals surface area contributed by atoms with Gasteiger partial charge in [0.1, 0.15) is 0 Å². The molecule has 0 spiro atoms. The van der Waals surface area contributed by atoms with Crippen LogP contribution in [0.1, 0.15) is 40.0 Å². The molecule has 0 saturated carbocycles. The van der Waals surface area contributed by atoms with Gasteiger partial charge in [0.15, 0.2) is 5.69 Å². The van der Waals surface area contributed by atoms with Gasteiger partial charge in [-0.25, -0.2) is 0 Å². The zero-order valence-corrected chi connectivity index (χ0v) is 17.2. The van der Waals surface area contributed by atoms with E-state index in [1.165, 1.54) is 5.56 Å². The number of carbonyl (C=O) groups excluding carboxylic acids is 2. The summed E-state index contributed by atoms with van der Waals surface area (Å²) in [5.41, 5.74) is 4.55. The van der Waals surface area contributed by atoms with Gasteiger partial charge in [0.05, 0.1) is 6.42 Å². The average Bonchev–Trinajstić information content (AvgIpc) is 3.39. The Kier molecular flexibility index (Phi) is 5.13. The number of H-pyrrole nitrogens is 1. The van der Waals surface area contributed by atoms with E-state index >= 15 is 0 Å². The molecule has 4 rings (SSSR count). The number of carbonyl (C=O) groups is 2. The third-order valence-electron chi connectivity index (χ3n) is 5.76. The van der Waals surface area contributed by atoms with Crippen LogP contribution < -0.4 is 5.32 Å². The first-order valence-corrected chi connectivity index (χ1v) is 10.1. The second kappa shape index (κ2) is 7.73. The Balaban J connectivity index is 1.42. The van der Waals surface area contributed by atoms with Crippen LogP contribution in [0.2, 0.25) is 0 Å². The fraction of sp³-hybridized carbons (Fsp3) is 0.409. The minimum Gasteiger partial charge on any atom is -0.361 e. The summed E-state index contributed by atoms with van der Waals surface area (Å²) < 4.78 is 1.64. The van der Waals surface area contributed by atoms with Gasteiger partial charge in [0.2, 0.25) is 5.91 Å². The number of nitrogens with zero attached hydrogens (tertiary/aromatic N) is 3. The number of amides is 2. The van der Waals surface area contributed by atoms with Crippen molar-refractivity contribution in [3.63, 3.8) is 0 Å². The molecular formula is C22H27N5O2. The molecule has 2 N–H and O–H groups in total. The van der Waals surface area contributed by atoms with E-state index < -0.39 is 0 Å². The van der Waals surface area contributed by atoms with Gasteiger partial charge in [0, 0.05) is 55.0 Å². The first kappa shape index (κ1) is 19.2. The lowest BCUT2D eigenvalue weighted by atomic mass is 10.0. The fourth-order valence-corrected chi connectivity index (χ4v) is 4.36. The van der Waals surface area contributed by atoms with Crippen LogP contribution in [0.3, 0.4) is 0 Å². The second-order valence-electron chi connectivity index (χ2n) is 7.92.